The summed E-state index contributed by atoms with van der Waals surface area (Å²) in [6.45, 7) is 3.06. The van der Waals surface area contributed by atoms with E-state index in [9.17, 15) is 14.8 Å². The standard InChI is InChI=1S/C23H29N5O4/c1-26(31)22(29)20-15-19(32-18-7-9-24-10-8-18)16-25-21(20)23(30)28-13-11-27(12-14-28)17-5-3-2-4-6-17/h2-10,19-21,25,31H,11-16H2,1H3/t19-,20-,21-/m0/s1. The van der Waals surface area contributed by atoms with Crippen LogP contribution in [0.5, 0.6) is 5.75 Å². The highest BCUT2D eigenvalue weighted by molar-refractivity contribution is 5.90. The Hall–Kier alpha value is -3.17. The number of amides is 2. The Morgan fingerprint density at radius 2 is 1.78 bits per heavy atom. The molecule has 2 aromatic rings. The fraction of sp³-hybridized carbons (Fsp3) is 0.435. The molecule has 0 bridgehead atoms. The Balaban J connectivity index is 1.41. The van der Waals surface area contributed by atoms with Crippen LogP contribution < -0.4 is 15.0 Å². The van der Waals surface area contributed by atoms with Crippen molar-refractivity contribution in [2.24, 2.45) is 5.92 Å². The minimum absolute atomic E-state index is 0.111. The number of nitrogens with zero attached hydrogens (tertiary/aromatic N) is 4. The largest absolute Gasteiger partial charge is 0.489 e. The maximum Gasteiger partial charge on any atom is 0.251 e. The molecule has 2 amide bonds. The van der Waals surface area contributed by atoms with E-state index in [0.29, 0.717) is 36.9 Å². The molecule has 9 heteroatoms. The third-order valence-electron chi connectivity index (χ3n) is 6.05. The number of ether oxygens (including phenoxy) is 1. The number of carbonyl (C=O) groups excluding carboxylic acids is 2. The van der Waals surface area contributed by atoms with E-state index in [2.05, 4.69) is 27.3 Å². The molecule has 2 saturated heterocycles. The molecule has 2 N–H and O–H groups in total. The van der Waals surface area contributed by atoms with E-state index in [0.717, 1.165) is 18.8 Å². The Morgan fingerprint density at radius 3 is 2.44 bits per heavy atom. The highest BCUT2D eigenvalue weighted by Crippen LogP contribution is 2.25. The van der Waals surface area contributed by atoms with Crippen LogP contribution >= 0.6 is 0 Å². The van der Waals surface area contributed by atoms with Crippen LogP contribution in [0, 0.1) is 5.92 Å². The number of carbonyl (C=O) groups is 2. The van der Waals surface area contributed by atoms with Gasteiger partial charge in [-0.15, -0.1) is 0 Å². The summed E-state index contributed by atoms with van der Waals surface area (Å²) in [6.07, 6.45) is 3.30. The Morgan fingerprint density at radius 1 is 1.09 bits per heavy atom. The number of benzene rings is 1. The van der Waals surface area contributed by atoms with Gasteiger partial charge in [-0.05, 0) is 30.7 Å². The molecule has 0 aliphatic carbocycles. The van der Waals surface area contributed by atoms with Crippen molar-refractivity contribution in [2.75, 3.05) is 44.7 Å². The fourth-order valence-corrected chi connectivity index (χ4v) is 4.37. The molecule has 3 heterocycles. The molecule has 9 nitrogen and oxygen atoms in total. The summed E-state index contributed by atoms with van der Waals surface area (Å²) in [6, 6.07) is 12.9. The van der Waals surface area contributed by atoms with Gasteiger partial charge in [0.2, 0.25) is 5.91 Å². The first kappa shape index (κ1) is 22.0. The Labute approximate surface area is 187 Å². The van der Waals surface area contributed by atoms with Crippen molar-refractivity contribution in [1.29, 1.82) is 0 Å². The van der Waals surface area contributed by atoms with Crippen molar-refractivity contribution in [3.8, 4) is 5.75 Å². The average Bonchev–Trinajstić information content (AvgIpc) is 2.84. The molecule has 32 heavy (non-hydrogen) atoms. The maximum atomic E-state index is 13.3. The zero-order valence-electron chi connectivity index (χ0n) is 18.1. The molecule has 0 saturated carbocycles. The van der Waals surface area contributed by atoms with E-state index in [1.807, 2.05) is 18.2 Å². The van der Waals surface area contributed by atoms with E-state index in [-0.39, 0.29) is 12.0 Å². The molecule has 0 spiro atoms. The van der Waals surface area contributed by atoms with Crippen molar-refractivity contribution >= 4 is 17.5 Å². The average molecular weight is 440 g/mol. The number of piperazine rings is 1. The molecular formula is C23H29N5O4. The lowest BCUT2D eigenvalue weighted by molar-refractivity contribution is -0.169. The van der Waals surface area contributed by atoms with Crippen LogP contribution in [0.4, 0.5) is 5.69 Å². The lowest BCUT2D eigenvalue weighted by Crippen LogP contribution is -2.62. The smallest absolute Gasteiger partial charge is 0.251 e. The molecular weight excluding hydrogens is 410 g/mol. The summed E-state index contributed by atoms with van der Waals surface area (Å²) in [5.41, 5.74) is 1.14. The van der Waals surface area contributed by atoms with Gasteiger partial charge >= 0.3 is 0 Å². The summed E-state index contributed by atoms with van der Waals surface area (Å²) in [5.74, 6) is -0.676. The summed E-state index contributed by atoms with van der Waals surface area (Å²) in [5, 5.41) is 13.6. The lowest BCUT2D eigenvalue weighted by atomic mass is 9.87. The SMILES string of the molecule is CN(O)C(=O)[C@H]1C[C@H](Oc2ccncc2)CN[C@@H]1C(=O)N1CCN(c2ccccc2)CC1. The van der Waals surface area contributed by atoms with Crippen LogP contribution in [0.2, 0.25) is 0 Å². The second-order valence-electron chi connectivity index (χ2n) is 8.16. The highest BCUT2D eigenvalue weighted by atomic mass is 16.5. The molecule has 0 unspecified atom stereocenters. The van der Waals surface area contributed by atoms with Crippen molar-refractivity contribution in [2.45, 2.75) is 18.6 Å². The summed E-state index contributed by atoms with van der Waals surface area (Å²) < 4.78 is 5.97. The molecule has 2 fully saturated rings. The van der Waals surface area contributed by atoms with Gasteiger partial charge in [-0.25, -0.2) is 5.06 Å². The predicted octanol–water partition coefficient (Wildman–Crippen LogP) is 1.00. The second-order valence-corrected chi connectivity index (χ2v) is 8.16. The first-order valence-corrected chi connectivity index (χ1v) is 10.9. The van der Waals surface area contributed by atoms with Crippen LogP contribution in [0.15, 0.2) is 54.9 Å². The van der Waals surface area contributed by atoms with Crippen LogP contribution in [0.3, 0.4) is 0 Å². The van der Waals surface area contributed by atoms with Crippen LogP contribution in [-0.2, 0) is 9.59 Å². The van der Waals surface area contributed by atoms with E-state index in [1.165, 1.54) is 7.05 Å². The number of piperidine rings is 1. The summed E-state index contributed by atoms with van der Waals surface area (Å²) >= 11 is 0. The van der Waals surface area contributed by atoms with Gasteiger partial charge in [0.25, 0.3) is 5.91 Å². The third kappa shape index (κ3) is 5.00. The minimum atomic E-state index is -0.717. The van der Waals surface area contributed by atoms with Crippen LogP contribution in [-0.4, -0.2) is 83.9 Å². The van der Waals surface area contributed by atoms with E-state index in [4.69, 9.17) is 4.74 Å². The predicted molar refractivity (Wildman–Crippen MR) is 118 cm³/mol. The lowest BCUT2D eigenvalue weighted by Gasteiger charge is -2.41. The number of rotatable bonds is 5. The topological polar surface area (TPSA) is 98.2 Å². The van der Waals surface area contributed by atoms with E-state index < -0.39 is 17.9 Å². The van der Waals surface area contributed by atoms with Crippen molar-refractivity contribution in [3.05, 3.63) is 54.9 Å². The van der Waals surface area contributed by atoms with Gasteiger partial charge in [-0.2, -0.15) is 0 Å². The van der Waals surface area contributed by atoms with Gasteiger partial charge < -0.3 is 19.9 Å². The van der Waals surface area contributed by atoms with Crippen LogP contribution in [0.25, 0.3) is 0 Å². The van der Waals surface area contributed by atoms with Gasteiger partial charge in [0.15, 0.2) is 0 Å². The number of anilines is 1. The van der Waals surface area contributed by atoms with Crippen molar-refractivity contribution < 1.29 is 19.5 Å². The summed E-state index contributed by atoms with van der Waals surface area (Å²) in [7, 11) is 1.29. The van der Waals surface area contributed by atoms with Gasteiger partial charge in [-0.1, -0.05) is 18.2 Å². The van der Waals surface area contributed by atoms with E-state index in [1.54, 1.807) is 29.4 Å². The molecule has 170 valence electrons. The molecule has 2 aliphatic rings. The monoisotopic (exact) mass is 439 g/mol. The first-order chi connectivity index (χ1) is 15.5. The van der Waals surface area contributed by atoms with Gasteiger partial charge in [0.1, 0.15) is 11.9 Å². The Bertz CT molecular complexity index is 903. The van der Waals surface area contributed by atoms with Crippen molar-refractivity contribution in [1.82, 2.24) is 20.3 Å². The van der Waals surface area contributed by atoms with Gasteiger partial charge in [0, 0.05) is 57.9 Å². The molecule has 2 aliphatic heterocycles. The quantitative estimate of drug-likeness (QED) is 0.530. The number of hydrogen-bond acceptors (Lipinski definition) is 7. The Kier molecular flexibility index (Phi) is 6.87. The van der Waals surface area contributed by atoms with Crippen molar-refractivity contribution in [3.63, 3.8) is 0 Å². The number of hydrogen-bond donors (Lipinski definition) is 2. The normalized spacial score (nSPS) is 23.5. The number of hydroxylamine groups is 2. The van der Waals surface area contributed by atoms with Gasteiger partial charge in [0.05, 0.1) is 12.0 Å². The maximum absolute atomic E-state index is 13.3. The highest BCUT2D eigenvalue weighted by Gasteiger charge is 2.43. The number of para-hydroxylation sites is 1. The van der Waals surface area contributed by atoms with Gasteiger partial charge in [-0.3, -0.25) is 19.8 Å². The second kappa shape index (κ2) is 9.97. The van der Waals surface area contributed by atoms with E-state index >= 15 is 0 Å². The molecule has 4 rings (SSSR count). The number of nitrogens with one attached hydrogen (secondary N) is 1. The third-order valence-corrected chi connectivity index (χ3v) is 6.05. The number of aromatic nitrogens is 1. The molecule has 1 aromatic heterocycles. The molecule has 3 atom stereocenters. The molecule has 1 aromatic carbocycles. The van der Waals surface area contributed by atoms with Crippen LogP contribution in [0.1, 0.15) is 6.42 Å². The first-order valence-electron chi connectivity index (χ1n) is 10.9. The zero-order chi connectivity index (χ0) is 22.5. The fourth-order valence-electron chi connectivity index (χ4n) is 4.37. The zero-order valence-corrected chi connectivity index (χ0v) is 18.1. The number of pyridine rings is 1. The molecule has 0 radical (unpaired) electrons. The minimum Gasteiger partial charge on any atom is -0.489 e. The summed E-state index contributed by atoms with van der Waals surface area (Å²) in [4.78, 5) is 34.1.